The molecule has 0 aromatic heterocycles. The number of rotatable bonds is 3. The molecule has 0 saturated heterocycles. The first-order valence-electron chi connectivity index (χ1n) is 4.84. The maximum Gasteiger partial charge on any atom is 0.342 e. The lowest BCUT2D eigenvalue weighted by molar-refractivity contribution is 0.0578. The summed E-state index contributed by atoms with van der Waals surface area (Å²) in [5.74, 6) is -5.36. The zero-order valence-corrected chi connectivity index (χ0v) is 10.4. The van der Waals surface area contributed by atoms with E-state index in [2.05, 4.69) is 4.74 Å². The smallest absolute Gasteiger partial charge is 0.342 e. The van der Waals surface area contributed by atoms with Gasteiger partial charge in [-0.3, -0.25) is 4.79 Å². The van der Waals surface area contributed by atoms with E-state index in [1.807, 2.05) is 0 Å². The molecule has 102 valence electrons. The molecule has 0 aliphatic rings. The number of ether oxygens (including phenoxy) is 1. The molecule has 0 aliphatic carbocycles. The summed E-state index contributed by atoms with van der Waals surface area (Å²) in [6.45, 7) is 0. The number of carbonyl (C=O) groups excluding carboxylic acids is 1. The van der Waals surface area contributed by atoms with E-state index in [4.69, 9.17) is 16.7 Å². The van der Waals surface area contributed by atoms with Gasteiger partial charge in [0.15, 0.2) is 11.5 Å². The minimum atomic E-state index is -1.60. The summed E-state index contributed by atoms with van der Waals surface area (Å²) in [6.07, 6.45) is 0. The first-order chi connectivity index (χ1) is 8.84. The molecule has 0 spiro atoms. The Labute approximate surface area is 111 Å². The fourth-order valence-electron chi connectivity index (χ4n) is 1.47. The van der Waals surface area contributed by atoms with Gasteiger partial charge in [0.25, 0.3) is 5.43 Å². The zero-order chi connectivity index (χ0) is 14.7. The first kappa shape index (κ1) is 14.8. The number of halogens is 1. The number of methoxy groups -OCH3 is 1. The van der Waals surface area contributed by atoms with Gasteiger partial charge in [0.2, 0.25) is 0 Å². The summed E-state index contributed by atoms with van der Waals surface area (Å²) in [4.78, 5) is 34.2. The van der Waals surface area contributed by atoms with Crippen molar-refractivity contribution in [1.29, 1.82) is 0 Å². The van der Waals surface area contributed by atoms with Crippen LogP contribution in [0.3, 0.4) is 0 Å². The molecule has 1 rings (SSSR count). The van der Waals surface area contributed by atoms with Crippen molar-refractivity contribution in [3.63, 3.8) is 0 Å². The zero-order valence-electron chi connectivity index (χ0n) is 9.64. The molecule has 1 aromatic carbocycles. The van der Waals surface area contributed by atoms with E-state index in [0.29, 0.717) is 0 Å². The van der Waals surface area contributed by atoms with Crippen molar-refractivity contribution in [3.05, 3.63) is 33.0 Å². The van der Waals surface area contributed by atoms with Gasteiger partial charge in [0.05, 0.1) is 12.7 Å². The summed E-state index contributed by atoms with van der Waals surface area (Å²) < 4.78 is 4.32. The van der Waals surface area contributed by atoms with Crippen LogP contribution >= 0.6 is 11.6 Å². The summed E-state index contributed by atoms with van der Waals surface area (Å²) >= 11 is 5.52. The Morgan fingerprint density at radius 2 is 1.89 bits per heavy atom. The highest BCUT2D eigenvalue weighted by molar-refractivity contribution is 6.18. The van der Waals surface area contributed by atoms with Crippen LogP contribution < -0.4 is 5.43 Å². The number of alkyl halides is 1. The third kappa shape index (κ3) is 2.60. The number of hydrogen-bond donors (Lipinski definition) is 3. The molecule has 0 atom stereocenters. The largest absolute Gasteiger partial charge is 0.504 e. The standard InChI is InChI=1S/C11H9ClO7/c1-19-11(18)7-6(10(16)17)4(3-12)2-5(13)8(14)9(7)15/h2H,3H2,1H3,(H,16,17)(H2,13,14,15). The number of hydrogen-bond acceptors (Lipinski definition) is 6. The second-order valence-electron chi connectivity index (χ2n) is 3.41. The Morgan fingerprint density at radius 1 is 1.32 bits per heavy atom. The quantitative estimate of drug-likeness (QED) is 0.552. The van der Waals surface area contributed by atoms with Crippen LogP contribution in [0.1, 0.15) is 26.3 Å². The molecule has 0 unspecified atom stereocenters. The van der Waals surface area contributed by atoms with E-state index >= 15 is 0 Å². The minimum absolute atomic E-state index is 0.204. The molecular weight excluding hydrogens is 280 g/mol. The predicted octanol–water partition coefficient (Wildman–Crippen LogP) is 0.682. The van der Waals surface area contributed by atoms with E-state index in [0.717, 1.165) is 13.2 Å². The van der Waals surface area contributed by atoms with E-state index in [-0.39, 0.29) is 5.56 Å². The van der Waals surface area contributed by atoms with Crippen LogP contribution in [0.4, 0.5) is 0 Å². The van der Waals surface area contributed by atoms with Crippen LogP contribution in [0, 0.1) is 0 Å². The number of aromatic hydroxyl groups is 2. The summed E-state index contributed by atoms with van der Waals surface area (Å²) in [6, 6.07) is 0.783. The Kier molecular flexibility index (Phi) is 4.34. The van der Waals surface area contributed by atoms with E-state index < -0.39 is 45.9 Å². The number of esters is 1. The predicted molar refractivity (Wildman–Crippen MR) is 63.9 cm³/mol. The van der Waals surface area contributed by atoms with Crippen molar-refractivity contribution in [1.82, 2.24) is 0 Å². The van der Waals surface area contributed by atoms with Crippen molar-refractivity contribution in [2.75, 3.05) is 7.11 Å². The van der Waals surface area contributed by atoms with Crippen molar-refractivity contribution in [2.45, 2.75) is 5.88 Å². The Balaban J connectivity index is 4.01. The van der Waals surface area contributed by atoms with Crippen molar-refractivity contribution >= 4 is 23.5 Å². The molecule has 0 radical (unpaired) electrons. The third-order valence-corrected chi connectivity index (χ3v) is 2.60. The van der Waals surface area contributed by atoms with Gasteiger partial charge in [0.1, 0.15) is 5.56 Å². The third-order valence-electron chi connectivity index (χ3n) is 2.31. The van der Waals surface area contributed by atoms with E-state index in [1.165, 1.54) is 0 Å². The van der Waals surface area contributed by atoms with Crippen LogP contribution in [0.25, 0.3) is 0 Å². The molecule has 0 heterocycles. The fraction of sp³-hybridized carbons (Fsp3) is 0.182. The topological polar surface area (TPSA) is 121 Å². The van der Waals surface area contributed by atoms with Crippen molar-refractivity contribution < 1.29 is 29.6 Å². The Hall–Kier alpha value is -2.28. The number of aromatic carboxylic acids is 1. The summed E-state index contributed by atoms with van der Waals surface area (Å²) in [5, 5.41) is 28.1. The lowest BCUT2D eigenvalue weighted by atomic mass is 10.1. The molecule has 0 aliphatic heterocycles. The highest BCUT2D eigenvalue weighted by Gasteiger charge is 2.27. The second kappa shape index (κ2) is 5.57. The Bertz CT molecular complexity index is 609. The van der Waals surface area contributed by atoms with Crippen LogP contribution in [0.15, 0.2) is 10.9 Å². The maximum atomic E-state index is 11.5. The first-order valence-corrected chi connectivity index (χ1v) is 5.38. The molecule has 8 heteroatoms. The second-order valence-corrected chi connectivity index (χ2v) is 3.68. The van der Waals surface area contributed by atoms with Crippen LogP contribution in [0.5, 0.6) is 11.5 Å². The molecule has 19 heavy (non-hydrogen) atoms. The normalized spacial score (nSPS) is 10.0. The average Bonchev–Trinajstić information content (AvgIpc) is 2.47. The fourth-order valence-corrected chi connectivity index (χ4v) is 1.68. The van der Waals surface area contributed by atoms with Crippen LogP contribution in [-0.2, 0) is 10.6 Å². The lowest BCUT2D eigenvalue weighted by Crippen LogP contribution is -2.13. The van der Waals surface area contributed by atoms with Gasteiger partial charge in [-0.2, -0.15) is 0 Å². The highest BCUT2D eigenvalue weighted by Crippen LogP contribution is 2.25. The molecule has 7 nitrogen and oxygen atoms in total. The SMILES string of the molecule is COC(=O)c1c(C(=O)O)c(CCl)cc(O)c(=O)c1O. The minimum Gasteiger partial charge on any atom is -0.504 e. The monoisotopic (exact) mass is 288 g/mol. The van der Waals surface area contributed by atoms with Gasteiger partial charge in [-0.1, -0.05) is 0 Å². The Morgan fingerprint density at radius 3 is 2.32 bits per heavy atom. The maximum absolute atomic E-state index is 11.5. The molecular formula is C11H9ClO7. The van der Waals surface area contributed by atoms with E-state index in [9.17, 15) is 24.6 Å². The highest BCUT2D eigenvalue weighted by atomic mass is 35.5. The molecule has 0 amide bonds. The average molecular weight is 289 g/mol. The summed E-state index contributed by atoms with van der Waals surface area (Å²) in [7, 11) is 0.950. The molecule has 0 bridgehead atoms. The van der Waals surface area contributed by atoms with E-state index in [1.54, 1.807) is 0 Å². The van der Waals surface area contributed by atoms with Gasteiger partial charge < -0.3 is 20.1 Å². The number of carboxylic acid groups (broad SMARTS) is 1. The molecule has 0 saturated carbocycles. The van der Waals surface area contributed by atoms with Crippen LogP contribution in [-0.4, -0.2) is 34.4 Å². The number of carbonyl (C=O) groups is 2. The van der Waals surface area contributed by atoms with Crippen molar-refractivity contribution in [2.24, 2.45) is 0 Å². The summed E-state index contributed by atoms with van der Waals surface area (Å²) in [5.41, 5.74) is -3.04. The van der Waals surface area contributed by atoms with Gasteiger partial charge >= 0.3 is 11.9 Å². The number of carboxylic acids is 1. The lowest BCUT2D eigenvalue weighted by Gasteiger charge is -2.05. The molecule has 0 fully saturated rings. The van der Waals surface area contributed by atoms with Gasteiger partial charge in [-0.15, -0.1) is 11.6 Å². The van der Waals surface area contributed by atoms with Gasteiger partial charge in [-0.05, 0) is 11.6 Å². The molecule has 3 N–H and O–H groups in total. The van der Waals surface area contributed by atoms with Gasteiger partial charge in [-0.25, -0.2) is 9.59 Å². The van der Waals surface area contributed by atoms with Crippen LogP contribution in [0.2, 0.25) is 0 Å². The van der Waals surface area contributed by atoms with Gasteiger partial charge in [0, 0.05) is 5.88 Å². The molecule has 1 aromatic rings. The van der Waals surface area contributed by atoms with Crippen molar-refractivity contribution in [3.8, 4) is 11.5 Å².